The number of nitrogens with one attached hydrogen (secondary N) is 2. The summed E-state index contributed by atoms with van der Waals surface area (Å²) in [6.07, 6.45) is 0. The number of nitrogens with zero attached hydrogens (tertiary/aromatic N) is 1. The van der Waals surface area contributed by atoms with Crippen molar-refractivity contribution in [2.24, 2.45) is 0 Å². The maximum Gasteiger partial charge on any atom is 0.245 e. The number of amides is 2. The zero-order valence-electron chi connectivity index (χ0n) is 11.5. The lowest BCUT2D eigenvalue weighted by Gasteiger charge is -2.16. The van der Waals surface area contributed by atoms with E-state index in [1.54, 1.807) is 24.3 Å². The van der Waals surface area contributed by atoms with E-state index in [4.69, 9.17) is 10.00 Å². The highest BCUT2D eigenvalue weighted by atomic mass is 16.5. The van der Waals surface area contributed by atoms with E-state index in [-0.39, 0.29) is 18.4 Å². The third kappa shape index (κ3) is 5.08. The molecular formula is C14H17N3O3. The van der Waals surface area contributed by atoms with E-state index in [2.05, 4.69) is 10.6 Å². The standard InChI is InChI=1S/C14H17N3O3/c1-10(18)17-13(9-20-2)14(19)16-8-12-5-3-11(7-15)4-6-12/h3-6,13H,8-9H2,1-2H3,(H,16,19)(H,17,18)/t13-/m0/s1. The number of carbonyl (C=O) groups excluding carboxylic acids is 2. The molecule has 1 atom stereocenters. The second-order valence-electron chi connectivity index (χ2n) is 4.23. The van der Waals surface area contributed by atoms with Gasteiger partial charge in [-0.3, -0.25) is 9.59 Å². The van der Waals surface area contributed by atoms with Crippen LogP contribution in [0.1, 0.15) is 18.1 Å². The van der Waals surface area contributed by atoms with Gasteiger partial charge in [-0.05, 0) is 17.7 Å². The van der Waals surface area contributed by atoms with E-state index in [0.717, 1.165) is 5.56 Å². The third-order valence-corrected chi connectivity index (χ3v) is 2.58. The van der Waals surface area contributed by atoms with Crippen molar-refractivity contribution < 1.29 is 14.3 Å². The van der Waals surface area contributed by atoms with Crippen molar-refractivity contribution in [3.8, 4) is 6.07 Å². The Labute approximate surface area is 117 Å². The van der Waals surface area contributed by atoms with Gasteiger partial charge in [0, 0.05) is 20.6 Å². The van der Waals surface area contributed by atoms with E-state index in [9.17, 15) is 9.59 Å². The van der Waals surface area contributed by atoms with Crippen LogP contribution >= 0.6 is 0 Å². The van der Waals surface area contributed by atoms with Gasteiger partial charge in [-0.2, -0.15) is 5.26 Å². The fraction of sp³-hybridized carbons (Fsp3) is 0.357. The Hall–Kier alpha value is -2.39. The monoisotopic (exact) mass is 275 g/mol. The van der Waals surface area contributed by atoms with Crippen LogP contribution in [0.25, 0.3) is 0 Å². The first kappa shape index (κ1) is 15.7. The van der Waals surface area contributed by atoms with E-state index in [0.29, 0.717) is 12.1 Å². The number of hydrogen-bond donors (Lipinski definition) is 2. The molecule has 0 fully saturated rings. The van der Waals surface area contributed by atoms with Gasteiger partial charge in [-0.15, -0.1) is 0 Å². The largest absolute Gasteiger partial charge is 0.382 e. The van der Waals surface area contributed by atoms with Gasteiger partial charge in [0.1, 0.15) is 6.04 Å². The highest BCUT2D eigenvalue weighted by molar-refractivity contribution is 5.86. The summed E-state index contributed by atoms with van der Waals surface area (Å²) in [5.41, 5.74) is 1.44. The molecule has 0 heterocycles. The Balaban J connectivity index is 2.55. The van der Waals surface area contributed by atoms with Crippen LogP contribution in [0.4, 0.5) is 0 Å². The van der Waals surface area contributed by atoms with Gasteiger partial charge in [0.15, 0.2) is 0 Å². The normalized spacial score (nSPS) is 11.2. The van der Waals surface area contributed by atoms with Gasteiger partial charge in [-0.25, -0.2) is 0 Å². The molecule has 0 aliphatic heterocycles. The summed E-state index contributed by atoms with van der Waals surface area (Å²) in [7, 11) is 1.46. The molecule has 2 amide bonds. The molecular weight excluding hydrogens is 258 g/mol. The zero-order chi connectivity index (χ0) is 15.0. The molecule has 1 aromatic rings. The van der Waals surface area contributed by atoms with Crippen LogP contribution in [0.3, 0.4) is 0 Å². The van der Waals surface area contributed by atoms with Gasteiger partial charge < -0.3 is 15.4 Å². The number of hydrogen-bond acceptors (Lipinski definition) is 4. The van der Waals surface area contributed by atoms with Crippen molar-refractivity contribution in [1.29, 1.82) is 5.26 Å². The average Bonchev–Trinajstić information content (AvgIpc) is 2.44. The first-order valence-electron chi connectivity index (χ1n) is 6.09. The van der Waals surface area contributed by atoms with E-state index in [1.165, 1.54) is 14.0 Å². The van der Waals surface area contributed by atoms with Crippen LogP contribution < -0.4 is 10.6 Å². The minimum Gasteiger partial charge on any atom is -0.382 e. The molecule has 0 aliphatic rings. The Morgan fingerprint density at radius 1 is 1.35 bits per heavy atom. The second-order valence-corrected chi connectivity index (χ2v) is 4.23. The fourth-order valence-electron chi connectivity index (χ4n) is 1.60. The van der Waals surface area contributed by atoms with Gasteiger partial charge >= 0.3 is 0 Å². The average molecular weight is 275 g/mol. The van der Waals surface area contributed by atoms with Gasteiger partial charge in [-0.1, -0.05) is 12.1 Å². The molecule has 0 bridgehead atoms. The van der Waals surface area contributed by atoms with E-state index < -0.39 is 6.04 Å². The van der Waals surface area contributed by atoms with Crippen molar-refractivity contribution in [2.45, 2.75) is 19.5 Å². The van der Waals surface area contributed by atoms with Crippen LogP contribution in [-0.4, -0.2) is 31.6 Å². The lowest BCUT2D eigenvalue weighted by Crippen LogP contribution is -2.48. The zero-order valence-corrected chi connectivity index (χ0v) is 11.5. The summed E-state index contributed by atoms with van der Waals surface area (Å²) in [5, 5.41) is 13.9. The summed E-state index contributed by atoms with van der Waals surface area (Å²) in [6.45, 7) is 1.78. The highest BCUT2D eigenvalue weighted by Crippen LogP contribution is 2.03. The van der Waals surface area contributed by atoms with E-state index >= 15 is 0 Å². The minimum atomic E-state index is -0.712. The minimum absolute atomic E-state index is 0.110. The van der Waals surface area contributed by atoms with Gasteiger partial charge in [0.25, 0.3) is 0 Å². The number of nitriles is 1. The number of benzene rings is 1. The molecule has 0 aliphatic carbocycles. The molecule has 0 spiro atoms. The maximum atomic E-state index is 11.9. The lowest BCUT2D eigenvalue weighted by atomic mass is 10.1. The quantitative estimate of drug-likeness (QED) is 0.782. The summed E-state index contributed by atoms with van der Waals surface area (Å²) >= 11 is 0. The van der Waals surface area contributed by atoms with Crippen LogP contribution in [-0.2, 0) is 20.9 Å². The topological polar surface area (TPSA) is 91.2 Å². The molecule has 1 aromatic carbocycles. The number of rotatable bonds is 6. The molecule has 0 aromatic heterocycles. The maximum absolute atomic E-state index is 11.9. The molecule has 0 saturated heterocycles. The summed E-state index contributed by atoms with van der Waals surface area (Å²) in [5.74, 6) is -0.605. The molecule has 0 unspecified atom stereocenters. The van der Waals surface area contributed by atoms with Crippen molar-refractivity contribution in [2.75, 3.05) is 13.7 Å². The molecule has 0 saturated carbocycles. The smallest absolute Gasteiger partial charge is 0.245 e. The van der Waals surface area contributed by atoms with Crippen molar-refractivity contribution in [3.63, 3.8) is 0 Å². The third-order valence-electron chi connectivity index (χ3n) is 2.58. The first-order valence-corrected chi connectivity index (χ1v) is 6.09. The predicted molar refractivity (Wildman–Crippen MR) is 72.5 cm³/mol. The second kappa shape index (κ2) is 7.92. The van der Waals surface area contributed by atoms with Crippen molar-refractivity contribution >= 4 is 11.8 Å². The number of carbonyl (C=O) groups is 2. The molecule has 20 heavy (non-hydrogen) atoms. The molecule has 6 heteroatoms. The SMILES string of the molecule is COC[C@H](NC(C)=O)C(=O)NCc1ccc(C#N)cc1. The highest BCUT2D eigenvalue weighted by Gasteiger charge is 2.18. The molecule has 0 radical (unpaired) electrons. The summed E-state index contributed by atoms with van der Waals surface area (Å²) in [4.78, 5) is 22.9. The Bertz CT molecular complexity index is 505. The van der Waals surface area contributed by atoms with Gasteiger partial charge in [0.2, 0.25) is 11.8 Å². The van der Waals surface area contributed by atoms with Crippen LogP contribution in [0.5, 0.6) is 0 Å². The Morgan fingerprint density at radius 2 is 2.00 bits per heavy atom. The summed E-state index contributed by atoms with van der Waals surface area (Å²) in [6, 6.07) is 8.21. The Kier molecular flexibility index (Phi) is 6.20. The predicted octanol–water partition coefficient (Wildman–Crippen LogP) is 0.326. The molecule has 1 rings (SSSR count). The lowest BCUT2D eigenvalue weighted by molar-refractivity contribution is -0.129. The van der Waals surface area contributed by atoms with Crippen LogP contribution in [0.2, 0.25) is 0 Å². The fourth-order valence-corrected chi connectivity index (χ4v) is 1.60. The first-order chi connectivity index (χ1) is 9.56. The van der Waals surface area contributed by atoms with Gasteiger partial charge in [0.05, 0.1) is 18.2 Å². The molecule has 2 N–H and O–H groups in total. The number of methoxy groups -OCH3 is 1. The van der Waals surface area contributed by atoms with Crippen molar-refractivity contribution in [3.05, 3.63) is 35.4 Å². The van der Waals surface area contributed by atoms with Crippen LogP contribution in [0, 0.1) is 11.3 Å². The number of ether oxygens (including phenoxy) is 1. The summed E-state index contributed by atoms with van der Waals surface area (Å²) < 4.78 is 4.90. The van der Waals surface area contributed by atoms with Crippen LogP contribution in [0.15, 0.2) is 24.3 Å². The van der Waals surface area contributed by atoms with Crippen molar-refractivity contribution in [1.82, 2.24) is 10.6 Å². The molecule has 6 nitrogen and oxygen atoms in total. The molecule has 106 valence electrons. The Morgan fingerprint density at radius 3 is 2.50 bits per heavy atom. The van der Waals surface area contributed by atoms with E-state index in [1.807, 2.05) is 6.07 Å².